The molecule has 1 aromatic rings. The first-order valence-corrected chi connectivity index (χ1v) is 6.68. The number of nitrogens with zero attached hydrogens (tertiary/aromatic N) is 2. The van der Waals surface area contributed by atoms with Gasteiger partial charge in [-0.25, -0.2) is 0 Å². The average Bonchev–Trinajstić information content (AvgIpc) is 2.48. The molecule has 0 aliphatic carbocycles. The Morgan fingerprint density at radius 3 is 2.30 bits per heavy atom. The third-order valence-corrected chi connectivity index (χ3v) is 3.46. The fraction of sp³-hybridized carbons (Fsp3) is 0.429. The Morgan fingerprint density at radius 1 is 1.15 bits per heavy atom. The predicted molar refractivity (Wildman–Crippen MR) is 77.3 cm³/mol. The Balaban J connectivity index is 1.88. The van der Waals surface area contributed by atoms with Crippen molar-refractivity contribution in [1.29, 1.82) is 0 Å². The van der Waals surface area contributed by atoms with E-state index in [1.807, 2.05) is 9.80 Å². The summed E-state index contributed by atoms with van der Waals surface area (Å²) in [6.07, 6.45) is 0. The van der Waals surface area contributed by atoms with Crippen molar-refractivity contribution < 1.29 is 9.59 Å². The molecule has 0 radical (unpaired) electrons. The number of carbonyl (C=O) groups is 2. The number of rotatable bonds is 3. The zero-order chi connectivity index (χ0) is 14.5. The number of hydrogen-bond acceptors (Lipinski definition) is 4. The molecule has 0 atom stereocenters. The predicted octanol–water partition coefficient (Wildman–Crippen LogP) is -0.227. The van der Waals surface area contributed by atoms with E-state index in [1.54, 1.807) is 31.3 Å². The molecule has 3 N–H and O–H groups in total. The van der Waals surface area contributed by atoms with Crippen molar-refractivity contribution in [2.24, 2.45) is 0 Å². The third-order valence-electron chi connectivity index (χ3n) is 3.46. The molecule has 1 aliphatic rings. The van der Waals surface area contributed by atoms with Crippen LogP contribution in [0.5, 0.6) is 0 Å². The molecule has 0 spiro atoms. The van der Waals surface area contributed by atoms with Gasteiger partial charge in [-0.1, -0.05) is 0 Å². The highest BCUT2D eigenvalue weighted by atomic mass is 16.2. The molecule has 1 fully saturated rings. The molecule has 1 aromatic carbocycles. The molecule has 20 heavy (non-hydrogen) atoms. The molecule has 0 unspecified atom stereocenters. The van der Waals surface area contributed by atoms with Gasteiger partial charge in [0.1, 0.15) is 0 Å². The number of benzene rings is 1. The number of carbonyl (C=O) groups excluding carboxylic acids is 2. The molecular weight excluding hydrogens is 256 g/mol. The topological polar surface area (TPSA) is 78.7 Å². The normalized spacial score (nSPS) is 15.9. The van der Waals surface area contributed by atoms with E-state index in [4.69, 9.17) is 5.73 Å². The summed E-state index contributed by atoms with van der Waals surface area (Å²) in [5, 5.41) is 2.60. The molecule has 1 heterocycles. The lowest BCUT2D eigenvalue weighted by Gasteiger charge is -2.34. The lowest BCUT2D eigenvalue weighted by Crippen LogP contribution is -2.50. The molecular formula is C14H20N4O2. The van der Waals surface area contributed by atoms with E-state index in [9.17, 15) is 9.59 Å². The van der Waals surface area contributed by atoms with Gasteiger partial charge in [-0.15, -0.1) is 0 Å². The van der Waals surface area contributed by atoms with Crippen molar-refractivity contribution in [2.45, 2.75) is 0 Å². The number of nitrogens with two attached hydrogens (primary N) is 1. The van der Waals surface area contributed by atoms with Crippen LogP contribution in [-0.4, -0.2) is 61.4 Å². The van der Waals surface area contributed by atoms with E-state index < -0.39 is 0 Å². The van der Waals surface area contributed by atoms with Gasteiger partial charge in [0.05, 0.1) is 6.54 Å². The summed E-state index contributed by atoms with van der Waals surface area (Å²) >= 11 is 0. The molecule has 1 aliphatic heterocycles. The highest BCUT2D eigenvalue weighted by Crippen LogP contribution is 2.11. The minimum absolute atomic E-state index is 0.00307. The van der Waals surface area contributed by atoms with Gasteiger partial charge >= 0.3 is 0 Å². The largest absolute Gasteiger partial charge is 0.399 e. The van der Waals surface area contributed by atoms with Gasteiger partial charge in [-0.2, -0.15) is 0 Å². The van der Waals surface area contributed by atoms with Crippen molar-refractivity contribution in [2.75, 3.05) is 45.5 Å². The molecule has 2 amide bonds. The molecule has 0 aromatic heterocycles. The van der Waals surface area contributed by atoms with Crippen LogP contribution in [0.2, 0.25) is 0 Å². The first-order valence-electron chi connectivity index (χ1n) is 6.68. The minimum Gasteiger partial charge on any atom is -0.399 e. The van der Waals surface area contributed by atoms with E-state index >= 15 is 0 Å². The Morgan fingerprint density at radius 2 is 1.75 bits per heavy atom. The number of likely N-dealkylation sites (N-methyl/N-ethyl adjacent to an activating group) is 1. The highest BCUT2D eigenvalue weighted by molar-refractivity contribution is 5.94. The van der Waals surface area contributed by atoms with Crippen molar-refractivity contribution in [1.82, 2.24) is 15.1 Å². The van der Waals surface area contributed by atoms with E-state index in [0.717, 1.165) is 0 Å². The summed E-state index contributed by atoms with van der Waals surface area (Å²) in [5.74, 6) is 0.0212. The fourth-order valence-electron chi connectivity index (χ4n) is 2.20. The lowest BCUT2D eigenvalue weighted by molar-refractivity contribution is -0.122. The van der Waals surface area contributed by atoms with Crippen LogP contribution in [0.3, 0.4) is 0 Å². The maximum Gasteiger partial charge on any atom is 0.253 e. The van der Waals surface area contributed by atoms with Gasteiger partial charge < -0.3 is 16.0 Å². The zero-order valence-corrected chi connectivity index (χ0v) is 11.6. The molecule has 6 nitrogen and oxygen atoms in total. The first-order chi connectivity index (χ1) is 9.60. The van der Waals surface area contributed by atoms with E-state index in [0.29, 0.717) is 44.0 Å². The Kier molecular flexibility index (Phi) is 4.57. The fourth-order valence-corrected chi connectivity index (χ4v) is 2.20. The first kappa shape index (κ1) is 14.3. The van der Waals surface area contributed by atoms with Gasteiger partial charge in [-0.05, 0) is 24.3 Å². The molecule has 0 bridgehead atoms. The van der Waals surface area contributed by atoms with Gasteiger partial charge in [0.25, 0.3) is 5.91 Å². The summed E-state index contributed by atoms with van der Waals surface area (Å²) in [7, 11) is 1.63. The van der Waals surface area contributed by atoms with Crippen LogP contribution < -0.4 is 11.1 Å². The van der Waals surface area contributed by atoms with Crippen LogP contribution in [0.1, 0.15) is 10.4 Å². The van der Waals surface area contributed by atoms with Crippen molar-refractivity contribution in [3.05, 3.63) is 29.8 Å². The second kappa shape index (κ2) is 6.38. The molecule has 2 rings (SSSR count). The van der Waals surface area contributed by atoms with E-state index in [1.165, 1.54) is 0 Å². The smallest absolute Gasteiger partial charge is 0.253 e. The zero-order valence-electron chi connectivity index (χ0n) is 11.6. The molecule has 6 heteroatoms. The van der Waals surface area contributed by atoms with Crippen LogP contribution in [0, 0.1) is 0 Å². The maximum atomic E-state index is 12.3. The number of anilines is 1. The summed E-state index contributed by atoms with van der Waals surface area (Å²) in [6.45, 7) is 3.10. The van der Waals surface area contributed by atoms with Crippen LogP contribution in [0.25, 0.3) is 0 Å². The number of piperazine rings is 1. The van der Waals surface area contributed by atoms with E-state index in [2.05, 4.69) is 5.32 Å². The monoisotopic (exact) mass is 276 g/mol. The number of hydrogen-bond donors (Lipinski definition) is 2. The number of nitrogen functional groups attached to an aromatic ring is 1. The third kappa shape index (κ3) is 3.48. The molecule has 108 valence electrons. The highest BCUT2D eigenvalue weighted by Gasteiger charge is 2.22. The number of amides is 2. The van der Waals surface area contributed by atoms with Crippen LogP contribution in [0.4, 0.5) is 5.69 Å². The standard InChI is InChI=1S/C14H20N4O2/c1-16-13(19)10-17-6-8-18(9-7-17)14(20)11-2-4-12(15)5-3-11/h2-5H,6-10,15H2,1H3,(H,16,19). The summed E-state index contributed by atoms with van der Waals surface area (Å²) in [5.41, 5.74) is 6.92. The number of nitrogens with one attached hydrogen (secondary N) is 1. The van der Waals surface area contributed by atoms with Gasteiger partial charge in [0.2, 0.25) is 5.91 Å². The molecule has 1 saturated heterocycles. The Hall–Kier alpha value is -2.08. The average molecular weight is 276 g/mol. The van der Waals surface area contributed by atoms with Gasteiger partial charge in [0, 0.05) is 44.5 Å². The Bertz CT molecular complexity index is 478. The van der Waals surface area contributed by atoms with Gasteiger partial charge in [-0.3, -0.25) is 14.5 Å². The quantitative estimate of drug-likeness (QED) is 0.748. The van der Waals surface area contributed by atoms with Crippen LogP contribution in [0.15, 0.2) is 24.3 Å². The summed E-state index contributed by atoms with van der Waals surface area (Å²) in [4.78, 5) is 27.4. The van der Waals surface area contributed by atoms with Crippen molar-refractivity contribution >= 4 is 17.5 Å². The molecule has 0 saturated carbocycles. The maximum absolute atomic E-state index is 12.3. The minimum atomic E-state index is 0.00307. The second-order valence-corrected chi connectivity index (χ2v) is 4.86. The second-order valence-electron chi connectivity index (χ2n) is 4.86. The Labute approximate surface area is 118 Å². The van der Waals surface area contributed by atoms with Crippen molar-refractivity contribution in [3.63, 3.8) is 0 Å². The SMILES string of the molecule is CNC(=O)CN1CCN(C(=O)c2ccc(N)cc2)CC1. The summed E-state index contributed by atoms with van der Waals surface area (Å²) in [6, 6.07) is 6.95. The van der Waals surface area contributed by atoms with Crippen LogP contribution >= 0.6 is 0 Å². The lowest BCUT2D eigenvalue weighted by atomic mass is 10.1. The van der Waals surface area contributed by atoms with E-state index in [-0.39, 0.29) is 11.8 Å². The van der Waals surface area contributed by atoms with Crippen molar-refractivity contribution in [3.8, 4) is 0 Å². The summed E-state index contributed by atoms with van der Waals surface area (Å²) < 4.78 is 0. The van der Waals surface area contributed by atoms with Gasteiger partial charge in [0.15, 0.2) is 0 Å². The van der Waals surface area contributed by atoms with Crippen LogP contribution in [-0.2, 0) is 4.79 Å².